The van der Waals surface area contributed by atoms with E-state index in [0.29, 0.717) is 5.41 Å². The normalized spacial score (nSPS) is 19.7. The average molecular weight is 264 g/mol. The third kappa shape index (κ3) is 4.36. The van der Waals surface area contributed by atoms with Crippen molar-refractivity contribution in [2.24, 2.45) is 5.41 Å². The Hall–Kier alpha value is -0.800. The van der Waals surface area contributed by atoms with Gasteiger partial charge < -0.3 is 9.73 Å². The fraction of sp³-hybridized carbons (Fsp3) is 0.750. The molecule has 1 aliphatic rings. The molecule has 2 heterocycles. The number of furan rings is 1. The van der Waals surface area contributed by atoms with Crippen molar-refractivity contribution in [1.82, 2.24) is 10.2 Å². The van der Waals surface area contributed by atoms with Gasteiger partial charge in [0.25, 0.3) is 0 Å². The van der Waals surface area contributed by atoms with Gasteiger partial charge in [-0.25, -0.2) is 0 Å². The molecule has 1 aromatic heterocycles. The van der Waals surface area contributed by atoms with Crippen molar-refractivity contribution < 1.29 is 4.42 Å². The molecule has 0 saturated carbocycles. The maximum Gasteiger partial charge on any atom is 0.122 e. The van der Waals surface area contributed by atoms with Crippen molar-refractivity contribution in [1.29, 1.82) is 0 Å². The molecule has 19 heavy (non-hydrogen) atoms. The fourth-order valence-electron chi connectivity index (χ4n) is 2.58. The summed E-state index contributed by atoms with van der Waals surface area (Å²) in [5, 5.41) is 3.45. The highest BCUT2D eigenvalue weighted by Crippen LogP contribution is 2.30. The fourth-order valence-corrected chi connectivity index (χ4v) is 2.58. The summed E-state index contributed by atoms with van der Waals surface area (Å²) in [4.78, 5) is 2.52. The third-order valence-corrected chi connectivity index (χ3v) is 4.16. The summed E-state index contributed by atoms with van der Waals surface area (Å²) >= 11 is 0. The molecule has 0 aliphatic carbocycles. The van der Waals surface area contributed by atoms with Gasteiger partial charge >= 0.3 is 0 Å². The molecular formula is C16H28N2O. The van der Waals surface area contributed by atoms with Crippen molar-refractivity contribution >= 4 is 0 Å². The van der Waals surface area contributed by atoms with Crippen LogP contribution in [0.3, 0.4) is 0 Å². The molecule has 0 spiro atoms. The number of rotatable bonds is 6. The molecule has 2 rings (SSSR count). The van der Waals surface area contributed by atoms with Gasteiger partial charge in [-0.3, -0.25) is 4.90 Å². The van der Waals surface area contributed by atoms with Gasteiger partial charge in [-0.05, 0) is 50.4 Å². The van der Waals surface area contributed by atoms with E-state index in [0.717, 1.165) is 25.4 Å². The first-order valence-electron chi connectivity index (χ1n) is 7.59. The van der Waals surface area contributed by atoms with Crippen LogP contribution in [0.25, 0.3) is 0 Å². The number of nitrogens with zero attached hydrogens (tertiary/aromatic N) is 1. The van der Waals surface area contributed by atoms with Crippen LogP contribution in [-0.4, -0.2) is 24.5 Å². The summed E-state index contributed by atoms with van der Waals surface area (Å²) in [6.07, 6.45) is 5.58. The van der Waals surface area contributed by atoms with E-state index in [9.17, 15) is 0 Å². The molecule has 108 valence electrons. The molecule has 1 aliphatic heterocycles. The van der Waals surface area contributed by atoms with Crippen LogP contribution in [0.5, 0.6) is 0 Å². The Balaban J connectivity index is 1.84. The van der Waals surface area contributed by atoms with E-state index in [1.54, 1.807) is 0 Å². The Morgan fingerprint density at radius 1 is 1.32 bits per heavy atom. The molecule has 0 aromatic carbocycles. The smallest absolute Gasteiger partial charge is 0.122 e. The number of hydrogen-bond acceptors (Lipinski definition) is 3. The summed E-state index contributed by atoms with van der Waals surface area (Å²) in [6.45, 7) is 12.3. The Bertz CT molecular complexity index is 374. The van der Waals surface area contributed by atoms with Gasteiger partial charge in [-0.2, -0.15) is 0 Å². The van der Waals surface area contributed by atoms with Crippen molar-refractivity contribution in [3.05, 3.63) is 23.7 Å². The van der Waals surface area contributed by atoms with Crippen LogP contribution in [-0.2, 0) is 13.1 Å². The first-order chi connectivity index (χ1) is 9.11. The predicted molar refractivity (Wildman–Crippen MR) is 79.0 cm³/mol. The van der Waals surface area contributed by atoms with E-state index in [-0.39, 0.29) is 0 Å². The van der Waals surface area contributed by atoms with Gasteiger partial charge in [-0.15, -0.1) is 0 Å². The molecule has 3 nitrogen and oxygen atoms in total. The highest BCUT2D eigenvalue weighted by Gasteiger charge is 2.26. The predicted octanol–water partition coefficient (Wildman–Crippen LogP) is 3.40. The van der Waals surface area contributed by atoms with E-state index in [1.165, 1.54) is 37.9 Å². The highest BCUT2D eigenvalue weighted by molar-refractivity contribution is 5.16. The second kappa shape index (κ2) is 6.58. The van der Waals surface area contributed by atoms with Crippen LogP contribution in [0, 0.1) is 5.41 Å². The molecule has 3 heteroatoms. The van der Waals surface area contributed by atoms with Crippen molar-refractivity contribution in [2.45, 2.75) is 53.1 Å². The molecule has 0 atom stereocenters. The van der Waals surface area contributed by atoms with Crippen LogP contribution in [0.1, 0.15) is 51.4 Å². The molecule has 0 bridgehead atoms. The van der Waals surface area contributed by atoms with E-state index < -0.39 is 0 Å². The Labute approximate surface area is 117 Å². The number of piperidine rings is 1. The Kier molecular flexibility index (Phi) is 5.06. The summed E-state index contributed by atoms with van der Waals surface area (Å²) in [7, 11) is 0. The lowest BCUT2D eigenvalue weighted by molar-refractivity contribution is 0.120. The summed E-state index contributed by atoms with van der Waals surface area (Å²) in [6, 6.07) is 2.10. The minimum atomic E-state index is 0.519. The maximum atomic E-state index is 5.67. The van der Waals surface area contributed by atoms with E-state index in [1.807, 2.05) is 6.26 Å². The van der Waals surface area contributed by atoms with Crippen LogP contribution >= 0.6 is 0 Å². The van der Waals surface area contributed by atoms with Gasteiger partial charge in [0.1, 0.15) is 5.76 Å². The topological polar surface area (TPSA) is 28.4 Å². The van der Waals surface area contributed by atoms with Crippen LogP contribution in [0.15, 0.2) is 16.7 Å². The maximum absolute atomic E-state index is 5.67. The number of nitrogens with one attached hydrogen (secondary N) is 1. The van der Waals surface area contributed by atoms with Crippen LogP contribution in [0.2, 0.25) is 0 Å². The first kappa shape index (κ1) is 14.6. The number of hydrogen-bond donors (Lipinski definition) is 1. The minimum Gasteiger partial charge on any atom is -0.468 e. The monoisotopic (exact) mass is 264 g/mol. The first-order valence-corrected chi connectivity index (χ1v) is 7.59. The Morgan fingerprint density at radius 3 is 2.74 bits per heavy atom. The van der Waals surface area contributed by atoms with Crippen molar-refractivity contribution in [3.63, 3.8) is 0 Å². The molecule has 1 saturated heterocycles. The summed E-state index contributed by atoms with van der Waals surface area (Å²) < 4.78 is 5.67. The second-order valence-corrected chi connectivity index (χ2v) is 6.49. The van der Waals surface area contributed by atoms with Gasteiger partial charge in [-0.1, -0.05) is 20.8 Å². The lowest BCUT2D eigenvalue weighted by Gasteiger charge is -2.36. The van der Waals surface area contributed by atoms with E-state index in [2.05, 4.69) is 37.1 Å². The molecule has 1 fully saturated rings. The van der Waals surface area contributed by atoms with Gasteiger partial charge in [0, 0.05) is 12.1 Å². The zero-order chi connectivity index (χ0) is 13.7. The summed E-state index contributed by atoms with van der Waals surface area (Å²) in [5.41, 5.74) is 1.84. The number of likely N-dealkylation sites (tertiary alicyclic amines) is 1. The molecule has 0 unspecified atom stereocenters. The minimum absolute atomic E-state index is 0.519. The lowest BCUT2D eigenvalue weighted by atomic mass is 9.82. The standard InChI is InChI=1S/C16H28N2O/c1-4-8-17-12-14-5-11-19-15(14)13-18-9-6-16(2,3)7-10-18/h5,11,17H,4,6-10,12-13H2,1-3H3. The largest absolute Gasteiger partial charge is 0.468 e. The molecule has 1 N–H and O–H groups in total. The average Bonchev–Trinajstić information content (AvgIpc) is 2.80. The zero-order valence-corrected chi connectivity index (χ0v) is 12.7. The van der Waals surface area contributed by atoms with E-state index in [4.69, 9.17) is 4.42 Å². The summed E-state index contributed by atoms with van der Waals surface area (Å²) in [5.74, 6) is 1.14. The Morgan fingerprint density at radius 2 is 2.05 bits per heavy atom. The van der Waals surface area contributed by atoms with Crippen LogP contribution < -0.4 is 5.32 Å². The zero-order valence-electron chi connectivity index (χ0n) is 12.7. The molecule has 1 aromatic rings. The second-order valence-electron chi connectivity index (χ2n) is 6.49. The quantitative estimate of drug-likeness (QED) is 0.798. The SMILES string of the molecule is CCCNCc1ccoc1CN1CCC(C)(C)CC1. The van der Waals surface area contributed by atoms with Gasteiger partial charge in [0.05, 0.1) is 12.8 Å². The third-order valence-electron chi connectivity index (χ3n) is 4.16. The molecular weight excluding hydrogens is 236 g/mol. The molecule has 0 radical (unpaired) electrons. The van der Waals surface area contributed by atoms with Gasteiger partial charge in [0.15, 0.2) is 0 Å². The van der Waals surface area contributed by atoms with Gasteiger partial charge in [0.2, 0.25) is 0 Å². The molecule has 0 amide bonds. The van der Waals surface area contributed by atoms with Crippen molar-refractivity contribution in [3.8, 4) is 0 Å². The van der Waals surface area contributed by atoms with E-state index >= 15 is 0 Å². The van der Waals surface area contributed by atoms with Crippen molar-refractivity contribution in [2.75, 3.05) is 19.6 Å². The van der Waals surface area contributed by atoms with Crippen LogP contribution in [0.4, 0.5) is 0 Å². The highest BCUT2D eigenvalue weighted by atomic mass is 16.3. The lowest BCUT2D eigenvalue weighted by Crippen LogP contribution is -2.36.